The van der Waals surface area contributed by atoms with Crippen molar-refractivity contribution in [2.75, 3.05) is 0 Å². The molecule has 4 heteroatoms. The van der Waals surface area contributed by atoms with E-state index in [2.05, 4.69) is 118 Å². The zero-order valence-corrected chi connectivity index (χ0v) is 21.3. The van der Waals surface area contributed by atoms with E-state index in [0.717, 1.165) is 49.6 Å². The van der Waals surface area contributed by atoms with E-state index in [-0.39, 0.29) is 0 Å². The van der Waals surface area contributed by atoms with Crippen LogP contribution in [0.15, 0.2) is 121 Å². The summed E-state index contributed by atoms with van der Waals surface area (Å²) in [7, 11) is 0. The van der Waals surface area contributed by atoms with Crippen molar-refractivity contribution in [2.45, 2.75) is 0 Å². The number of nitrogens with zero attached hydrogens (tertiary/aromatic N) is 4. The number of para-hydroxylation sites is 3. The van der Waals surface area contributed by atoms with Gasteiger partial charge in [-0.15, -0.1) is 0 Å². The van der Waals surface area contributed by atoms with Crippen LogP contribution in [0.25, 0.3) is 65.8 Å². The molecule has 0 fully saturated rings. The van der Waals surface area contributed by atoms with E-state index in [4.69, 9.17) is 0 Å². The molecule has 0 aliphatic carbocycles. The lowest BCUT2D eigenvalue weighted by molar-refractivity contribution is 1.09. The maximum Gasteiger partial charge on any atom is 0.101 e. The summed E-state index contributed by atoms with van der Waals surface area (Å²) in [6.45, 7) is 0. The van der Waals surface area contributed by atoms with Gasteiger partial charge in [0.1, 0.15) is 12.1 Å². The molecule has 0 saturated heterocycles. The van der Waals surface area contributed by atoms with Crippen molar-refractivity contribution in [3.8, 4) is 23.5 Å². The zero-order valence-electron chi connectivity index (χ0n) is 21.3. The fourth-order valence-electron chi connectivity index (χ4n) is 6.30. The first-order valence-corrected chi connectivity index (χ1v) is 13.2. The number of fused-ring (bicyclic) bond motifs is 8. The first-order valence-electron chi connectivity index (χ1n) is 13.2. The number of hydrogen-bond donors (Lipinski definition) is 0. The van der Waals surface area contributed by atoms with Crippen LogP contribution in [-0.4, -0.2) is 9.13 Å². The largest absolute Gasteiger partial charge is 0.307 e. The van der Waals surface area contributed by atoms with Crippen molar-refractivity contribution in [3.63, 3.8) is 0 Å². The van der Waals surface area contributed by atoms with Crippen molar-refractivity contribution in [1.82, 2.24) is 9.13 Å². The van der Waals surface area contributed by atoms with Gasteiger partial charge in [-0.3, -0.25) is 0 Å². The Bertz CT molecular complexity index is 2350. The summed E-state index contributed by atoms with van der Waals surface area (Å²) in [5, 5.41) is 27.1. The van der Waals surface area contributed by atoms with Gasteiger partial charge in [0.2, 0.25) is 0 Å². The molecule has 0 unspecified atom stereocenters. The molecule has 0 aliphatic heterocycles. The predicted molar refractivity (Wildman–Crippen MR) is 162 cm³/mol. The van der Waals surface area contributed by atoms with E-state index >= 15 is 0 Å². The van der Waals surface area contributed by atoms with Gasteiger partial charge in [-0.05, 0) is 47.2 Å². The molecule has 2 aromatic heterocycles. The quantitative estimate of drug-likeness (QED) is 0.234. The molecule has 8 aromatic rings. The van der Waals surface area contributed by atoms with Crippen molar-refractivity contribution in [2.24, 2.45) is 0 Å². The Kier molecular flexibility index (Phi) is 4.62. The molecule has 8 rings (SSSR count). The second kappa shape index (κ2) is 8.33. The molecule has 0 bridgehead atoms. The second-order valence-corrected chi connectivity index (χ2v) is 10.0. The highest BCUT2D eigenvalue weighted by molar-refractivity contribution is 6.21. The van der Waals surface area contributed by atoms with Crippen LogP contribution in [0.4, 0.5) is 0 Å². The van der Waals surface area contributed by atoms with Gasteiger partial charge in [0.15, 0.2) is 0 Å². The van der Waals surface area contributed by atoms with Gasteiger partial charge < -0.3 is 9.13 Å². The van der Waals surface area contributed by atoms with Crippen molar-refractivity contribution in [3.05, 3.63) is 132 Å². The Morgan fingerprint density at radius 2 is 0.875 bits per heavy atom. The average molecular weight is 509 g/mol. The molecule has 0 aliphatic rings. The fraction of sp³-hybridized carbons (Fsp3) is 0. The number of aromatic nitrogens is 2. The molecule has 0 saturated carbocycles. The molecule has 40 heavy (non-hydrogen) atoms. The molecular weight excluding hydrogens is 488 g/mol. The van der Waals surface area contributed by atoms with Crippen LogP contribution >= 0.6 is 0 Å². The topological polar surface area (TPSA) is 57.4 Å². The van der Waals surface area contributed by atoms with Crippen molar-refractivity contribution < 1.29 is 0 Å². The Morgan fingerprint density at radius 1 is 0.425 bits per heavy atom. The SMILES string of the molecule is N#Cc1cc(-n2c3ccccc3c3ccccc32)c(-n2c3ccccc3c3c4ccccc4ccc32)cc1C#N. The summed E-state index contributed by atoms with van der Waals surface area (Å²) in [4.78, 5) is 0. The fourth-order valence-corrected chi connectivity index (χ4v) is 6.30. The van der Waals surface area contributed by atoms with E-state index in [1.165, 1.54) is 16.2 Å². The second-order valence-electron chi connectivity index (χ2n) is 10.0. The van der Waals surface area contributed by atoms with E-state index in [9.17, 15) is 10.5 Å². The van der Waals surface area contributed by atoms with Crippen LogP contribution in [0.3, 0.4) is 0 Å². The van der Waals surface area contributed by atoms with E-state index in [1.54, 1.807) is 0 Å². The molecule has 0 N–H and O–H groups in total. The molecular formula is C36H20N4. The molecule has 0 atom stereocenters. The van der Waals surface area contributed by atoms with Crippen molar-refractivity contribution in [1.29, 1.82) is 10.5 Å². The Balaban J connectivity index is 1.61. The highest BCUT2D eigenvalue weighted by atomic mass is 15.1. The lowest BCUT2D eigenvalue weighted by Crippen LogP contribution is -2.05. The molecule has 0 radical (unpaired) electrons. The van der Waals surface area contributed by atoms with Crippen LogP contribution in [0.1, 0.15) is 11.1 Å². The molecule has 184 valence electrons. The summed E-state index contributed by atoms with van der Waals surface area (Å²) in [6.07, 6.45) is 0. The van der Waals surface area contributed by atoms with Crippen LogP contribution in [0.5, 0.6) is 0 Å². The molecule has 0 spiro atoms. The predicted octanol–water partition coefficient (Wildman–Crippen LogP) is 8.78. The van der Waals surface area contributed by atoms with E-state index in [0.29, 0.717) is 11.1 Å². The third kappa shape index (κ3) is 2.93. The third-order valence-corrected chi connectivity index (χ3v) is 7.98. The average Bonchev–Trinajstić information content (AvgIpc) is 3.53. The highest BCUT2D eigenvalue weighted by Gasteiger charge is 2.22. The standard InChI is InChI=1S/C36H20N4/c37-21-24-19-34(39-30-14-6-3-11-27(30)28-12-4-7-15-31(28)39)35(20-25(24)22-38)40-32-16-8-5-13-29(32)36-26-10-2-1-9-23(26)17-18-33(36)40/h1-20H. The minimum absolute atomic E-state index is 0.355. The smallest absolute Gasteiger partial charge is 0.101 e. The summed E-state index contributed by atoms with van der Waals surface area (Å²) in [5.74, 6) is 0. The summed E-state index contributed by atoms with van der Waals surface area (Å²) < 4.78 is 4.47. The van der Waals surface area contributed by atoms with Crippen LogP contribution < -0.4 is 0 Å². The van der Waals surface area contributed by atoms with Gasteiger partial charge >= 0.3 is 0 Å². The summed E-state index contributed by atoms with van der Waals surface area (Å²) in [5.41, 5.74) is 6.60. The third-order valence-electron chi connectivity index (χ3n) is 7.98. The van der Waals surface area contributed by atoms with Gasteiger partial charge in [-0.1, -0.05) is 84.9 Å². The maximum absolute atomic E-state index is 10.1. The number of nitriles is 2. The maximum atomic E-state index is 10.1. The van der Waals surface area contributed by atoms with Crippen LogP contribution in [0, 0.1) is 22.7 Å². The van der Waals surface area contributed by atoms with Gasteiger partial charge in [-0.2, -0.15) is 10.5 Å². The minimum atomic E-state index is 0.355. The summed E-state index contributed by atoms with van der Waals surface area (Å²) in [6, 6.07) is 46.2. The van der Waals surface area contributed by atoms with E-state index in [1.807, 2.05) is 24.3 Å². The lowest BCUT2D eigenvalue weighted by Gasteiger charge is -2.18. The monoisotopic (exact) mass is 508 g/mol. The molecule has 0 amide bonds. The first-order chi connectivity index (χ1) is 19.8. The van der Waals surface area contributed by atoms with Crippen LogP contribution in [-0.2, 0) is 0 Å². The Labute approximate surface area is 229 Å². The number of benzene rings is 6. The summed E-state index contributed by atoms with van der Waals surface area (Å²) >= 11 is 0. The number of hydrogen-bond acceptors (Lipinski definition) is 2. The Morgan fingerprint density at radius 3 is 1.45 bits per heavy atom. The van der Waals surface area contributed by atoms with Crippen LogP contribution in [0.2, 0.25) is 0 Å². The van der Waals surface area contributed by atoms with Gasteiger partial charge in [0, 0.05) is 21.5 Å². The molecule has 6 aromatic carbocycles. The molecule has 4 nitrogen and oxygen atoms in total. The lowest BCUT2D eigenvalue weighted by atomic mass is 10.0. The molecule has 2 heterocycles. The number of rotatable bonds is 2. The van der Waals surface area contributed by atoms with Crippen molar-refractivity contribution >= 4 is 54.4 Å². The van der Waals surface area contributed by atoms with E-state index < -0.39 is 0 Å². The first kappa shape index (κ1) is 22.2. The normalized spacial score (nSPS) is 11.4. The van der Waals surface area contributed by atoms with Gasteiger partial charge in [0.05, 0.1) is 44.6 Å². The van der Waals surface area contributed by atoms with Gasteiger partial charge in [0.25, 0.3) is 0 Å². The minimum Gasteiger partial charge on any atom is -0.307 e. The Hall–Kier alpha value is -5.84. The highest BCUT2D eigenvalue weighted by Crippen LogP contribution is 2.40. The van der Waals surface area contributed by atoms with Gasteiger partial charge in [-0.25, -0.2) is 0 Å². The zero-order chi connectivity index (χ0) is 26.8.